The molecule has 21 heavy (non-hydrogen) atoms. The van der Waals surface area contributed by atoms with E-state index in [4.69, 9.17) is 14.6 Å². The van der Waals surface area contributed by atoms with Crippen molar-refractivity contribution in [2.75, 3.05) is 7.11 Å². The molecule has 1 N–H and O–H groups in total. The molecule has 2 aromatic rings. The standard InChI is InChI=1S/C14H11NO6/c1-20-13-7-6-11(8-12(13)14(16)17)21-10-4-2-9(3-5-10)15(18)19/h2-8H,1H3,(H,16,17). The molecule has 2 rings (SSSR count). The van der Waals surface area contributed by atoms with Crippen LogP contribution in [0.15, 0.2) is 42.5 Å². The fourth-order valence-corrected chi connectivity index (χ4v) is 1.69. The van der Waals surface area contributed by atoms with Gasteiger partial charge >= 0.3 is 5.97 Å². The summed E-state index contributed by atoms with van der Waals surface area (Å²) in [4.78, 5) is 21.1. The molecule has 7 nitrogen and oxygen atoms in total. The number of hydrogen-bond acceptors (Lipinski definition) is 5. The molecular formula is C14H11NO6. The monoisotopic (exact) mass is 289 g/mol. The first kappa shape index (κ1) is 14.3. The summed E-state index contributed by atoms with van der Waals surface area (Å²) in [6.07, 6.45) is 0. The maximum absolute atomic E-state index is 11.1. The molecule has 0 aliphatic carbocycles. The van der Waals surface area contributed by atoms with Gasteiger partial charge in [-0.2, -0.15) is 0 Å². The van der Waals surface area contributed by atoms with Crippen LogP contribution in [0.2, 0.25) is 0 Å². The van der Waals surface area contributed by atoms with Gasteiger partial charge in [0.25, 0.3) is 5.69 Å². The zero-order chi connectivity index (χ0) is 15.4. The van der Waals surface area contributed by atoms with Gasteiger partial charge in [0.05, 0.1) is 12.0 Å². The minimum Gasteiger partial charge on any atom is -0.496 e. The number of carboxylic acids is 1. The number of aromatic carboxylic acids is 1. The molecule has 0 saturated heterocycles. The SMILES string of the molecule is COc1ccc(Oc2ccc([N+](=O)[O-])cc2)cc1C(=O)O. The Morgan fingerprint density at radius 2 is 1.76 bits per heavy atom. The number of ether oxygens (including phenoxy) is 2. The molecule has 7 heteroatoms. The van der Waals surface area contributed by atoms with Gasteiger partial charge in [-0.05, 0) is 30.3 Å². The van der Waals surface area contributed by atoms with Crippen molar-refractivity contribution in [1.29, 1.82) is 0 Å². The van der Waals surface area contributed by atoms with E-state index < -0.39 is 10.9 Å². The van der Waals surface area contributed by atoms with E-state index in [0.29, 0.717) is 11.5 Å². The lowest BCUT2D eigenvalue weighted by molar-refractivity contribution is -0.384. The van der Waals surface area contributed by atoms with Crippen molar-refractivity contribution < 1.29 is 24.3 Å². The normalized spacial score (nSPS) is 9.95. The summed E-state index contributed by atoms with van der Waals surface area (Å²) in [5.41, 5.74) is -0.0831. The van der Waals surface area contributed by atoms with Crippen molar-refractivity contribution in [2.45, 2.75) is 0 Å². The number of methoxy groups -OCH3 is 1. The maximum Gasteiger partial charge on any atom is 0.339 e. The molecule has 0 saturated carbocycles. The van der Waals surface area contributed by atoms with Crippen LogP contribution in [0.25, 0.3) is 0 Å². The lowest BCUT2D eigenvalue weighted by Crippen LogP contribution is -2.00. The zero-order valence-electron chi connectivity index (χ0n) is 11.0. The third kappa shape index (κ3) is 3.27. The Hall–Kier alpha value is -3.09. The number of rotatable bonds is 5. The molecule has 0 aliphatic rings. The van der Waals surface area contributed by atoms with Crippen LogP contribution < -0.4 is 9.47 Å². The Balaban J connectivity index is 2.25. The highest BCUT2D eigenvalue weighted by Crippen LogP contribution is 2.28. The first-order chi connectivity index (χ1) is 10.0. The quantitative estimate of drug-likeness (QED) is 0.670. The van der Waals surface area contributed by atoms with Crippen LogP contribution in [-0.2, 0) is 0 Å². The summed E-state index contributed by atoms with van der Waals surface area (Å²) < 4.78 is 10.4. The minimum atomic E-state index is -1.14. The molecular weight excluding hydrogens is 278 g/mol. The smallest absolute Gasteiger partial charge is 0.339 e. The molecule has 0 atom stereocenters. The van der Waals surface area contributed by atoms with Crippen molar-refractivity contribution in [1.82, 2.24) is 0 Å². The molecule has 0 unspecified atom stereocenters. The molecule has 0 bridgehead atoms. The van der Waals surface area contributed by atoms with Crippen molar-refractivity contribution in [3.05, 3.63) is 58.1 Å². The van der Waals surface area contributed by atoms with E-state index in [9.17, 15) is 14.9 Å². The van der Waals surface area contributed by atoms with E-state index in [1.54, 1.807) is 6.07 Å². The van der Waals surface area contributed by atoms with Crippen LogP contribution in [0.5, 0.6) is 17.2 Å². The van der Waals surface area contributed by atoms with E-state index >= 15 is 0 Å². The molecule has 108 valence electrons. The average molecular weight is 289 g/mol. The van der Waals surface area contributed by atoms with Gasteiger partial charge in [-0.1, -0.05) is 0 Å². The van der Waals surface area contributed by atoms with Crippen LogP contribution in [0.4, 0.5) is 5.69 Å². The fraction of sp³-hybridized carbons (Fsp3) is 0.0714. The summed E-state index contributed by atoms with van der Waals surface area (Å²) >= 11 is 0. The lowest BCUT2D eigenvalue weighted by Gasteiger charge is -2.09. The summed E-state index contributed by atoms with van der Waals surface area (Å²) in [6, 6.07) is 9.82. The minimum absolute atomic E-state index is 0.0306. The molecule has 0 aromatic heterocycles. The van der Waals surface area contributed by atoms with E-state index in [1.165, 1.54) is 43.5 Å². The number of benzene rings is 2. The fourth-order valence-electron chi connectivity index (χ4n) is 1.69. The van der Waals surface area contributed by atoms with Gasteiger partial charge in [0, 0.05) is 12.1 Å². The Morgan fingerprint density at radius 3 is 2.29 bits per heavy atom. The first-order valence-electron chi connectivity index (χ1n) is 5.85. The third-order valence-corrected chi connectivity index (χ3v) is 2.68. The van der Waals surface area contributed by atoms with Crippen LogP contribution in [0, 0.1) is 10.1 Å². The number of nitro groups is 1. The Labute approximate surface area is 119 Å². The molecule has 0 radical (unpaired) electrons. The molecule has 0 amide bonds. The Kier molecular flexibility index (Phi) is 4.03. The largest absolute Gasteiger partial charge is 0.496 e. The van der Waals surface area contributed by atoms with Crippen LogP contribution >= 0.6 is 0 Å². The zero-order valence-corrected chi connectivity index (χ0v) is 11.0. The first-order valence-corrected chi connectivity index (χ1v) is 5.85. The predicted octanol–water partition coefficient (Wildman–Crippen LogP) is 3.09. The van der Waals surface area contributed by atoms with E-state index in [2.05, 4.69) is 0 Å². The van der Waals surface area contributed by atoms with Crippen LogP contribution in [0.1, 0.15) is 10.4 Å². The number of carboxylic acid groups (broad SMARTS) is 1. The number of hydrogen-bond donors (Lipinski definition) is 1. The number of non-ortho nitro benzene ring substituents is 1. The van der Waals surface area contributed by atoms with Crippen LogP contribution in [0.3, 0.4) is 0 Å². The molecule has 0 spiro atoms. The summed E-state index contributed by atoms with van der Waals surface area (Å²) in [6.45, 7) is 0. The van der Waals surface area contributed by atoms with Gasteiger partial charge in [-0.3, -0.25) is 10.1 Å². The highest BCUT2D eigenvalue weighted by molar-refractivity contribution is 5.91. The van der Waals surface area contributed by atoms with Crippen molar-refractivity contribution >= 4 is 11.7 Å². The predicted molar refractivity (Wildman–Crippen MR) is 73.1 cm³/mol. The topological polar surface area (TPSA) is 98.9 Å². The summed E-state index contributed by atoms with van der Waals surface area (Å²) in [7, 11) is 1.37. The van der Waals surface area contributed by atoms with E-state index in [1.807, 2.05) is 0 Å². The molecule has 2 aromatic carbocycles. The number of nitrogens with zero attached hydrogens (tertiary/aromatic N) is 1. The van der Waals surface area contributed by atoms with Gasteiger partial charge in [-0.25, -0.2) is 4.79 Å². The molecule has 0 fully saturated rings. The van der Waals surface area contributed by atoms with Gasteiger partial charge < -0.3 is 14.6 Å². The van der Waals surface area contributed by atoms with Crippen LogP contribution in [-0.4, -0.2) is 23.1 Å². The van der Waals surface area contributed by atoms with Gasteiger partial charge in [-0.15, -0.1) is 0 Å². The third-order valence-electron chi connectivity index (χ3n) is 2.68. The van der Waals surface area contributed by atoms with E-state index in [0.717, 1.165) is 0 Å². The lowest BCUT2D eigenvalue weighted by atomic mass is 10.2. The van der Waals surface area contributed by atoms with Gasteiger partial charge in [0.2, 0.25) is 0 Å². The highest BCUT2D eigenvalue weighted by atomic mass is 16.6. The Bertz CT molecular complexity index is 680. The number of nitro benzene ring substituents is 1. The van der Waals surface area contributed by atoms with Crippen molar-refractivity contribution in [3.8, 4) is 17.2 Å². The highest BCUT2D eigenvalue weighted by Gasteiger charge is 2.13. The molecule has 0 heterocycles. The van der Waals surface area contributed by atoms with E-state index in [-0.39, 0.29) is 17.0 Å². The van der Waals surface area contributed by atoms with Gasteiger partial charge in [0.15, 0.2) is 0 Å². The summed E-state index contributed by atoms with van der Waals surface area (Å²) in [5.74, 6) is -0.260. The van der Waals surface area contributed by atoms with Crippen molar-refractivity contribution in [2.24, 2.45) is 0 Å². The summed E-state index contributed by atoms with van der Waals surface area (Å²) in [5, 5.41) is 19.6. The second-order valence-electron chi connectivity index (χ2n) is 4.02. The Morgan fingerprint density at radius 1 is 1.14 bits per heavy atom. The maximum atomic E-state index is 11.1. The number of carbonyl (C=O) groups is 1. The second kappa shape index (κ2) is 5.91. The average Bonchev–Trinajstić information content (AvgIpc) is 2.47. The van der Waals surface area contributed by atoms with Crippen molar-refractivity contribution in [3.63, 3.8) is 0 Å². The molecule has 0 aliphatic heterocycles. The van der Waals surface area contributed by atoms with Gasteiger partial charge in [0.1, 0.15) is 22.8 Å². The second-order valence-corrected chi connectivity index (χ2v) is 4.02.